The summed E-state index contributed by atoms with van der Waals surface area (Å²) in [5, 5.41) is 22.0. The van der Waals surface area contributed by atoms with Crippen LogP contribution in [0, 0.1) is 0 Å². The molecule has 0 fully saturated rings. The van der Waals surface area contributed by atoms with Gasteiger partial charge in [-0.2, -0.15) is 10.2 Å². The molecule has 1 aliphatic heterocycles. The fraction of sp³-hybridized carbons (Fsp3) is 1.00. The van der Waals surface area contributed by atoms with Crippen LogP contribution < -0.4 is 0 Å². The molecule has 114 valence electrons. The second-order valence-electron chi connectivity index (χ2n) is 5.33. The second kappa shape index (κ2) is 14.2. The summed E-state index contributed by atoms with van der Waals surface area (Å²) in [5.74, 6) is 0. The van der Waals surface area contributed by atoms with Crippen LogP contribution in [0.4, 0.5) is 0 Å². The summed E-state index contributed by atoms with van der Waals surface area (Å²) in [6.45, 7) is 1.46. The van der Waals surface area contributed by atoms with Gasteiger partial charge < -0.3 is 0 Å². The van der Waals surface area contributed by atoms with Crippen LogP contribution >= 0.6 is 0 Å². The van der Waals surface area contributed by atoms with Crippen LogP contribution in [-0.4, -0.2) is 13.1 Å². The van der Waals surface area contributed by atoms with Crippen LogP contribution in [0.3, 0.4) is 0 Å². The summed E-state index contributed by atoms with van der Waals surface area (Å²) in [6.07, 6.45) is 15.5. The molecule has 6 heteroatoms. The Hall–Kier alpha value is -1.20. The van der Waals surface area contributed by atoms with Crippen LogP contribution in [0.5, 0.6) is 0 Å². The first-order valence-corrected chi connectivity index (χ1v) is 8.13. The van der Waals surface area contributed by atoms with Crippen molar-refractivity contribution in [2.75, 3.05) is 13.1 Å². The molecule has 0 aromatic heterocycles. The average Bonchev–Trinajstić information content (AvgIpc) is 2.46. The van der Waals surface area contributed by atoms with Crippen molar-refractivity contribution in [1.82, 2.24) is 0 Å². The average molecular weight is 280 g/mol. The Balaban J connectivity index is 2.18. The van der Waals surface area contributed by atoms with Gasteiger partial charge in [-0.15, -0.1) is 0 Å². The smallest absolute Gasteiger partial charge is 0.0621 e. The lowest BCUT2D eigenvalue weighted by Crippen LogP contribution is -1.85. The molecule has 0 N–H and O–H groups in total. The monoisotopic (exact) mass is 280 g/mol. The molecule has 0 bridgehead atoms. The van der Waals surface area contributed by atoms with E-state index >= 15 is 0 Å². The second-order valence-corrected chi connectivity index (χ2v) is 5.33. The molecule has 0 aromatic carbocycles. The van der Waals surface area contributed by atoms with Gasteiger partial charge in [0.05, 0.1) is 13.1 Å². The molecule has 0 radical (unpaired) electrons. The van der Waals surface area contributed by atoms with Gasteiger partial charge in [0.15, 0.2) is 0 Å². The summed E-state index contributed by atoms with van der Waals surface area (Å²) in [5.41, 5.74) is 0. The Kier molecular flexibility index (Phi) is 12.0. The molecule has 0 spiro atoms. The van der Waals surface area contributed by atoms with Crippen molar-refractivity contribution >= 4 is 0 Å². The SMILES string of the molecule is C1CCCCCCCN=N/N=N\N=NCCCCCC1. The molecular weight excluding hydrogens is 252 g/mol. The summed E-state index contributed by atoms with van der Waals surface area (Å²) < 4.78 is 0. The van der Waals surface area contributed by atoms with Crippen molar-refractivity contribution in [2.24, 2.45) is 31.1 Å². The van der Waals surface area contributed by atoms with Crippen LogP contribution in [0.25, 0.3) is 0 Å². The molecule has 0 saturated carbocycles. The molecule has 1 heterocycles. The largest absolute Gasteiger partial charge is 0.167 e. The van der Waals surface area contributed by atoms with Gasteiger partial charge >= 0.3 is 0 Å². The van der Waals surface area contributed by atoms with Gasteiger partial charge in [0, 0.05) is 0 Å². The zero-order valence-corrected chi connectivity index (χ0v) is 12.6. The third-order valence-corrected chi connectivity index (χ3v) is 3.51. The third-order valence-electron chi connectivity index (χ3n) is 3.51. The van der Waals surface area contributed by atoms with E-state index in [9.17, 15) is 0 Å². The highest BCUT2D eigenvalue weighted by molar-refractivity contribution is 4.50. The molecule has 0 aromatic rings. The van der Waals surface area contributed by atoms with Gasteiger partial charge in [-0.25, -0.2) is 0 Å². The molecule has 1 rings (SSSR count). The van der Waals surface area contributed by atoms with Gasteiger partial charge in [0.1, 0.15) is 0 Å². The lowest BCUT2D eigenvalue weighted by atomic mass is 10.1. The molecule has 0 unspecified atom stereocenters. The van der Waals surface area contributed by atoms with E-state index in [0.29, 0.717) is 0 Å². The predicted octanol–water partition coefficient (Wildman–Crippen LogP) is 5.87. The van der Waals surface area contributed by atoms with E-state index in [2.05, 4.69) is 31.1 Å². The molecule has 20 heavy (non-hydrogen) atoms. The highest BCUT2D eigenvalue weighted by Gasteiger charge is 1.94. The van der Waals surface area contributed by atoms with Gasteiger partial charge in [0.25, 0.3) is 0 Å². The van der Waals surface area contributed by atoms with Crippen LogP contribution in [-0.2, 0) is 0 Å². The van der Waals surface area contributed by atoms with E-state index in [4.69, 9.17) is 0 Å². The van der Waals surface area contributed by atoms with Crippen molar-refractivity contribution < 1.29 is 0 Å². The zero-order chi connectivity index (χ0) is 14.1. The zero-order valence-electron chi connectivity index (χ0n) is 12.6. The molecule has 1 aliphatic rings. The standard InChI is InChI=1S/C14H28N6/c1-2-4-6-8-10-12-14-16-18-20-19-17-15-13-11-9-7-5-3-1/h1-14H2/b17-15?,18-16?,20-19-. The molecule has 0 saturated heterocycles. The Morgan fingerprint density at radius 1 is 0.300 bits per heavy atom. The fourth-order valence-corrected chi connectivity index (χ4v) is 2.31. The number of rotatable bonds is 0. The summed E-state index contributed by atoms with van der Waals surface area (Å²) in [4.78, 5) is 0. The highest BCUT2D eigenvalue weighted by Crippen LogP contribution is 2.12. The minimum Gasteiger partial charge on any atom is -0.167 e. The maximum atomic E-state index is 3.92. The Morgan fingerprint density at radius 3 is 0.950 bits per heavy atom. The summed E-state index contributed by atoms with van der Waals surface area (Å²) in [6, 6.07) is 0. The number of hydrogen-bond donors (Lipinski definition) is 0. The maximum Gasteiger partial charge on any atom is 0.0621 e. The molecular formula is C14H28N6. The minimum absolute atomic E-state index is 0.732. The van der Waals surface area contributed by atoms with Crippen LogP contribution in [0.2, 0.25) is 0 Å². The Labute approximate surface area is 122 Å². The van der Waals surface area contributed by atoms with Crippen molar-refractivity contribution in [3.8, 4) is 0 Å². The van der Waals surface area contributed by atoms with Crippen LogP contribution in [0.1, 0.15) is 77.0 Å². The van der Waals surface area contributed by atoms with E-state index in [0.717, 1.165) is 25.9 Å². The van der Waals surface area contributed by atoms with Crippen molar-refractivity contribution in [1.29, 1.82) is 0 Å². The molecule has 0 amide bonds. The first-order valence-electron chi connectivity index (χ1n) is 8.13. The van der Waals surface area contributed by atoms with Crippen LogP contribution in [0.15, 0.2) is 31.1 Å². The molecule has 0 aliphatic carbocycles. The summed E-state index contributed by atoms with van der Waals surface area (Å²) >= 11 is 0. The molecule has 6 nitrogen and oxygen atoms in total. The van der Waals surface area contributed by atoms with Gasteiger partial charge in [0.2, 0.25) is 0 Å². The number of nitrogens with zero attached hydrogens (tertiary/aromatic N) is 6. The quantitative estimate of drug-likeness (QED) is 0.532. The van der Waals surface area contributed by atoms with Gasteiger partial charge in [-0.05, 0) is 33.7 Å². The van der Waals surface area contributed by atoms with Gasteiger partial charge in [-0.1, -0.05) is 64.2 Å². The van der Waals surface area contributed by atoms with E-state index in [1.54, 1.807) is 0 Å². The normalized spacial score (nSPS) is 23.2. The summed E-state index contributed by atoms with van der Waals surface area (Å²) in [7, 11) is 0. The molecule has 0 atom stereocenters. The first kappa shape index (κ1) is 16.9. The first-order chi connectivity index (χ1) is 10.0. The van der Waals surface area contributed by atoms with Crippen molar-refractivity contribution in [2.45, 2.75) is 77.0 Å². The lowest BCUT2D eigenvalue weighted by molar-refractivity contribution is 0.539. The lowest BCUT2D eigenvalue weighted by Gasteiger charge is -2.02. The van der Waals surface area contributed by atoms with Gasteiger partial charge in [-0.3, -0.25) is 0 Å². The Bertz CT molecular complexity index is 259. The van der Waals surface area contributed by atoms with E-state index < -0.39 is 0 Å². The van der Waals surface area contributed by atoms with E-state index in [1.807, 2.05) is 0 Å². The topological polar surface area (TPSA) is 74.2 Å². The Morgan fingerprint density at radius 2 is 0.600 bits per heavy atom. The van der Waals surface area contributed by atoms with E-state index in [1.165, 1.54) is 64.2 Å². The highest BCUT2D eigenvalue weighted by atomic mass is 15.6. The van der Waals surface area contributed by atoms with Crippen molar-refractivity contribution in [3.05, 3.63) is 0 Å². The maximum absolute atomic E-state index is 3.92. The third kappa shape index (κ3) is 11.9. The fourth-order valence-electron chi connectivity index (χ4n) is 2.31. The number of hydrogen-bond acceptors (Lipinski definition) is 6. The predicted molar refractivity (Wildman–Crippen MR) is 79.7 cm³/mol. The van der Waals surface area contributed by atoms with E-state index in [-0.39, 0.29) is 0 Å². The minimum atomic E-state index is 0.732. The van der Waals surface area contributed by atoms with Crippen molar-refractivity contribution in [3.63, 3.8) is 0 Å².